The Hall–Kier alpha value is -1.36. The van der Waals surface area contributed by atoms with Crippen LogP contribution in [-0.2, 0) is 4.79 Å². The van der Waals surface area contributed by atoms with Crippen LogP contribution in [0.1, 0.15) is 27.2 Å². The van der Waals surface area contributed by atoms with Gasteiger partial charge in [-0.25, -0.2) is 0 Å². The molecule has 0 spiro atoms. The molecule has 0 aliphatic carbocycles. The highest BCUT2D eigenvalue weighted by molar-refractivity contribution is 5.83. The lowest BCUT2D eigenvalue weighted by Crippen LogP contribution is -2.49. The van der Waals surface area contributed by atoms with E-state index in [1.165, 1.54) is 11.3 Å². The van der Waals surface area contributed by atoms with Gasteiger partial charge in [0.2, 0.25) is 0 Å². The zero-order chi connectivity index (χ0) is 13.3. The maximum absolute atomic E-state index is 10.6. The molecule has 2 aliphatic rings. The van der Waals surface area contributed by atoms with Gasteiger partial charge in [0.15, 0.2) is 0 Å². The Labute approximate surface area is 108 Å². The lowest BCUT2D eigenvalue weighted by molar-refractivity contribution is -0.137. The number of rotatable bonds is 3. The molecular formula is C13H21N3O2. The molecule has 5 heteroatoms. The third kappa shape index (κ3) is 2.56. The van der Waals surface area contributed by atoms with Gasteiger partial charge in [-0.2, -0.15) is 0 Å². The summed E-state index contributed by atoms with van der Waals surface area (Å²) in [5.41, 5.74) is 2.62. The monoisotopic (exact) mass is 251 g/mol. The van der Waals surface area contributed by atoms with Gasteiger partial charge in [-0.3, -0.25) is 14.7 Å². The Kier molecular flexibility index (Phi) is 3.71. The average Bonchev–Trinajstić information content (AvgIpc) is 2.33. The molecule has 1 saturated heterocycles. The Morgan fingerprint density at radius 1 is 1.44 bits per heavy atom. The van der Waals surface area contributed by atoms with E-state index in [4.69, 9.17) is 5.11 Å². The van der Waals surface area contributed by atoms with Crippen LogP contribution in [0.2, 0.25) is 0 Å². The van der Waals surface area contributed by atoms with Gasteiger partial charge < -0.3 is 10.0 Å². The molecular weight excluding hydrogens is 230 g/mol. The highest BCUT2D eigenvalue weighted by Gasteiger charge is 2.28. The van der Waals surface area contributed by atoms with Crippen LogP contribution in [0.5, 0.6) is 0 Å². The number of carboxylic acid groups (broad SMARTS) is 1. The summed E-state index contributed by atoms with van der Waals surface area (Å²) in [7, 11) is 0. The summed E-state index contributed by atoms with van der Waals surface area (Å²) in [6.07, 6.45) is 0.217. The number of hydrogen-bond donors (Lipinski definition) is 1. The lowest BCUT2D eigenvalue weighted by Gasteiger charge is -2.42. The van der Waals surface area contributed by atoms with Gasteiger partial charge in [0.05, 0.1) is 12.5 Å². The van der Waals surface area contributed by atoms with Crippen molar-refractivity contribution in [3.63, 3.8) is 0 Å². The van der Waals surface area contributed by atoms with Crippen LogP contribution in [-0.4, -0.2) is 58.9 Å². The zero-order valence-electron chi connectivity index (χ0n) is 11.3. The van der Waals surface area contributed by atoms with Crippen LogP contribution in [0.25, 0.3) is 0 Å². The van der Waals surface area contributed by atoms with Gasteiger partial charge >= 0.3 is 5.97 Å². The number of hydrogen-bond acceptors (Lipinski definition) is 4. The van der Waals surface area contributed by atoms with Crippen molar-refractivity contribution in [2.24, 2.45) is 4.99 Å². The Bertz CT molecular complexity index is 414. The molecule has 0 aromatic heterocycles. The minimum absolute atomic E-state index is 0.217. The van der Waals surface area contributed by atoms with Gasteiger partial charge in [-0.1, -0.05) is 0 Å². The molecule has 0 saturated carbocycles. The van der Waals surface area contributed by atoms with Gasteiger partial charge in [-0.05, 0) is 26.3 Å². The number of piperazine rings is 1. The number of amidine groups is 1. The fourth-order valence-corrected chi connectivity index (χ4v) is 2.58. The minimum atomic E-state index is -0.724. The second-order valence-corrected chi connectivity index (χ2v) is 5.05. The molecule has 0 aromatic rings. The van der Waals surface area contributed by atoms with Gasteiger partial charge in [0, 0.05) is 31.9 Å². The Morgan fingerprint density at radius 3 is 2.83 bits per heavy atom. The maximum Gasteiger partial charge on any atom is 0.304 e. The molecule has 5 nitrogen and oxygen atoms in total. The first-order valence-electron chi connectivity index (χ1n) is 6.44. The molecule has 1 fully saturated rings. The van der Waals surface area contributed by atoms with Crippen molar-refractivity contribution in [2.75, 3.05) is 26.2 Å². The zero-order valence-corrected chi connectivity index (χ0v) is 11.3. The summed E-state index contributed by atoms with van der Waals surface area (Å²) in [4.78, 5) is 19.7. The summed E-state index contributed by atoms with van der Waals surface area (Å²) in [5, 5.41) is 8.74. The van der Waals surface area contributed by atoms with Crippen molar-refractivity contribution in [3.05, 3.63) is 11.3 Å². The number of aliphatic carboxylic acids is 1. The fraction of sp³-hybridized carbons (Fsp3) is 0.692. The standard InChI is InChI=1S/C13H21N3O2/c1-9-10(2)14-11(3)16-7-6-15(8-12(9)16)5-4-13(17)18/h10H,4-8H2,1-3H3,(H,17,18). The first kappa shape index (κ1) is 13.1. The SMILES string of the molecule is CC1=NC(C)C(C)=C2CN(CCC(=O)O)CCN12. The molecule has 0 amide bonds. The number of nitrogens with zero attached hydrogens (tertiary/aromatic N) is 3. The molecule has 1 unspecified atom stereocenters. The molecule has 1 N–H and O–H groups in total. The van der Waals surface area contributed by atoms with Crippen molar-refractivity contribution in [2.45, 2.75) is 33.2 Å². The largest absolute Gasteiger partial charge is 0.481 e. The first-order valence-corrected chi connectivity index (χ1v) is 6.44. The minimum Gasteiger partial charge on any atom is -0.481 e. The van der Waals surface area contributed by atoms with E-state index in [0.29, 0.717) is 6.54 Å². The van der Waals surface area contributed by atoms with E-state index in [2.05, 4.69) is 35.6 Å². The molecule has 1 atom stereocenters. The van der Waals surface area contributed by atoms with Crippen molar-refractivity contribution in [3.8, 4) is 0 Å². The molecule has 0 radical (unpaired) electrons. The summed E-state index contributed by atoms with van der Waals surface area (Å²) < 4.78 is 0. The summed E-state index contributed by atoms with van der Waals surface area (Å²) in [6, 6.07) is 0.246. The van der Waals surface area contributed by atoms with Crippen LogP contribution in [0.4, 0.5) is 0 Å². The van der Waals surface area contributed by atoms with Crippen LogP contribution in [0.3, 0.4) is 0 Å². The van der Waals surface area contributed by atoms with Gasteiger partial charge in [0.1, 0.15) is 5.84 Å². The van der Waals surface area contributed by atoms with Crippen LogP contribution in [0.15, 0.2) is 16.3 Å². The van der Waals surface area contributed by atoms with E-state index in [9.17, 15) is 4.79 Å². The Balaban J connectivity index is 2.07. The van der Waals surface area contributed by atoms with Crippen LogP contribution >= 0.6 is 0 Å². The smallest absolute Gasteiger partial charge is 0.304 e. The third-order valence-electron chi connectivity index (χ3n) is 3.83. The van der Waals surface area contributed by atoms with Gasteiger partial charge in [0.25, 0.3) is 0 Å². The van der Waals surface area contributed by atoms with Crippen molar-refractivity contribution in [1.29, 1.82) is 0 Å². The predicted molar refractivity (Wildman–Crippen MR) is 70.7 cm³/mol. The summed E-state index contributed by atoms with van der Waals surface area (Å²) >= 11 is 0. The van der Waals surface area contributed by atoms with Crippen LogP contribution < -0.4 is 0 Å². The van der Waals surface area contributed by atoms with Gasteiger partial charge in [-0.15, -0.1) is 0 Å². The molecule has 2 rings (SSSR count). The maximum atomic E-state index is 10.6. The highest BCUT2D eigenvalue weighted by atomic mass is 16.4. The second kappa shape index (κ2) is 5.10. The second-order valence-electron chi connectivity index (χ2n) is 5.05. The quantitative estimate of drug-likeness (QED) is 0.818. The first-order chi connectivity index (χ1) is 8.49. The van der Waals surface area contributed by atoms with Crippen molar-refractivity contribution in [1.82, 2.24) is 9.80 Å². The average molecular weight is 251 g/mol. The number of carbonyl (C=O) groups is 1. The third-order valence-corrected chi connectivity index (χ3v) is 3.83. The molecule has 2 aliphatic heterocycles. The highest BCUT2D eigenvalue weighted by Crippen LogP contribution is 2.25. The number of fused-ring (bicyclic) bond motifs is 1. The summed E-state index contributed by atoms with van der Waals surface area (Å²) in [6.45, 7) is 9.58. The predicted octanol–water partition coefficient (Wildman–Crippen LogP) is 1.17. The van der Waals surface area contributed by atoms with E-state index in [0.717, 1.165) is 25.5 Å². The van der Waals surface area contributed by atoms with Crippen molar-refractivity contribution >= 4 is 11.8 Å². The molecule has 0 aromatic carbocycles. The molecule has 100 valence electrons. The van der Waals surface area contributed by atoms with E-state index in [-0.39, 0.29) is 12.5 Å². The molecule has 0 bridgehead atoms. The molecule has 18 heavy (non-hydrogen) atoms. The van der Waals surface area contributed by atoms with E-state index in [1.807, 2.05) is 0 Å². The number of aliphatic imine (C=N–C) groups is 1. The Morgan fingerprint density at radius 2 is 2.17 bits per heavy atom. The topological polar surface area (TPSA) is 56.1 Å². The van der Waals surface area contributed by atoms with E-state index < -0.39 is 5.97 Å². The lowest BCUT2D eigenvalue weighted by atomic mass is 10.0. The fourth-order valence-electron chi connectivity index (χ4n) is 2.58. The van der Waals surface area contributed by atoms with E-state index in [1.54, 1.807) is 0 Å². The normalized spacial score (nSPS) is 24.9. The number of carboxylic acids is 1. The van der Waals surface area contributed by atoms with E-state index >= 15 is 0 Å². The molecule has 2 heterocycles. The van der Waals surface area contributed by atoms with Crippen molar-refractivity contribution < 1.29 is 9.90 Å². The van der Waals surface area contributed by atoms with Crippen LogP contribution in [0, 0.1) is 0 Å². The summed E-state index contributed by atoms with van der Waals surface area (Å²) in [5.74, 6) is 0.360.